The van der Waals surface area contributed by atoms with Crippen LogP contribution in [0.3, 0.4) is 0 Å². The molecule has 2 N–H and O–H groups in total. The summed E-state index contributed by atoms with van der Waals surface area (Å²) in [6.45, 7) is 4.37. The molecular weight excluding hydrogens is 286 g/mol. The van der Waals surface area contributed by atoms with Crippen LogP contribution in [0.1, 0.15) is 47.6 Å². The van der Waals surface area contributed by atoms with Gasteiger partial charge in [0.1, 0.15) is 5.69 Å². The maximum atomic E-state index is 11.9. The molecule has 3 rings (SSSR count). The summed E-state index contributed by atoms with van der Waals surface area (Å²) in [4.78, 5) is 21.0. The summed E-state index contributed by atoms with van der Waals surface area (Å²) in [5, 5.41) is 0. The van der Waals surface area contributed by atoms with Gasteiger partial charge >= 0.3 is 0 Å². The molecule has 1 amide bonds. The van der Waals surface area contributed by atoms with E-state index in [0.29, 0.717) is 11.5 Å². The normalized spacial score (nSPS) is 15.5. The lowest BCUT2D eigenvalue weighted by atomic mass is 9.75. The maximum Gasteiger partial charge on any atom is 0.267 e. The fraction of sp³-hybridized carbons (Fsp3) is 0.316. The van der Waals surface area contributed by atoms with Crippen molar-refractivity contribution in [2.24, 2.45) is 11.1 Å². The third-order valence-electron chi connectivity index (χ3n) is 4.31. The minimum atomic E-state index is -0.504. The molecule has 0 saturated heterocycles. The quantitative estimate of drug-likeness (QED) is 0.867. The van der Waals surface area contributed by atoms with Gasteiger partial charge < -0.3 is 5.73 Å². The van der Waals surface area contributed by atoms with E-state index in [0.717, 1.165) is 41.6 Å². The molecule has 0 aliphatic heterocycles. The minimum absolute atomic E-state index is 0.130. The van der Waals surface area contributed by atoms with E-state index in [2.05, 4.69) is 29.7 Å². The third kappa shape index (κ3) is 2.95. The van der Waals surface area contributed by atoms with Gasteiger partial charge in [0.2, 0.25) is 0 Å². The number of nitrogens with two attached hydrogens (primary N) is 1. The molecule has 2 aromatic rings. The average Bonchev–Trinajstić information content (AvgIpc) is 2.53. The summed E-state index contributed by atoms with van der Waals surface area (Å²) in [5.41, 5.74) is 9.41. The summed E-state index contributed by atoms with van der Waals surface area (Å²) in [7, 11) is 0. The fourth-order valence-electron chi connectivity index (χ4n) is 3.03. The number of aryl methyl sites for hydroxylation is 1. The number of hydrogen-bond acceptors (Lipinski definition) is 3. The first-order valence-electron chi connectivity index (χ1n) is 7.66. The topological polar surface area (TPSA) is 68.9 Å². The lowest BCUT2D eigenvalue weighted by Gasteiger charge is -2.31. The summed E-state index contributed by atoms with van der Waals surface area (Å²) in [5.74, 6) is 2.61. The van der Waals surface area contributed by atoms with Gasteiger partial charge in [0.15, 0.2) is 5.82 Å². The number of benzene rings is 1. The summed E-state index contributed by atoms with van der Waals surface area (Å²) in [6, 6.07) is 7.44. The zero-order valence-corrected chi connectivity index (χ0v) is 13.4. The lowest BCUT2D eigenvalue weighted by molar-refractivity contribution is 0.0993. The highest BCUT2D eigenvalue weighted by molar-refractivity contribution is 5.93. The molecule has 1 aromatic carbocycles. The predicted octanol–water partition coefficient (Wildman–Crippen LogP) is 2.74. The monoisotopic (exact) mass is 305 g/mol. The molecule has 0 spiro atoms. The first-order valence-corrected chi connectivity index (χ1v) is 7.66. The van der Waals surface area contributed by atoms with E-state index >= 15 is 0 Å². The molecule has 0 atom stereocenters. The van der Waals surface area contributed by atoms with Crippen LogP contribution in [-0.2, 0) is 12.8 Å². The Morgan fingerprint density at radius 3 is 2.83 bits per heavy atom. The maximum absolute atomic E-state index is 11.9. The minimum Gasteiger partial charge on any atom is -0.364 e. The molecule has 1 aliphatic carbocycles. The number of carbonyl (C=O) groups excluding carboxylic acids is 1. The Bertz CT molecular complexity index is 831. The lowest BCUT2D eigenvalue weighted by Crippen LogP contribution is -2.28. The van der Waals surface area contributed by atoms with Gasteiger partial charge in [-0.05, 0) is 36.8 Å². The standard InChI is InChI=1S/C19H19N3O/c1-4-12-6-5-7-13(10-12)18-21-15-8-9-19(2,3)11-14(15)16(22-18)17(20)23/h1,5-7,10H,8-9,11H2,2-3H3,(H2,20,23). The smallest absolute Gasteiger partial charge is 0.267 e. The van der Waals surface area contributed by atoms with Crippen LogP contribution >= 0.6 is 0 Å². The van der Waals surface area contributed by atoms with Crippen LogP contribution in [-0.4, -0.2) is 15.9 Å². The van der Waals surface area contributed by atoms with Gasteiger partial charge in [0, 0.05) is 22.4 Å². The molecule has 0 saturated carbocycles. The van der Waals surface area contributed by atoms with E-state index in [9.17, 15) is 4.79 Å². The van der Waals surface area contributed by atoms with Crippen molar-refractivity contribution in [2.75, 3.05) is 0 Å². The summed E-state index contributed by atoms with van der Waals surface area (Å²) in [6.07, 6.45) is 8.07. The van der Waals surface area contributed by atoms with Crippen LogP contribution in [0.4, 0.5) is 0 Å². The molecule has 23 heavy (non-hydrogen) atoms. The Morgan fingerprint density at radius 1 is 1.35 bits per heavy atom. The zero-order chi connectivity index (χ0) is 16.6. The number of fused-ring (bicyclic) bond motifs is 1. The van der Waals surface area contributed by atoms with Crippen LogP contribution in [0, 0.1) is 17.8 Å². The first kappa shape index (κ1) is 15.2. The number of nitrogens with zero attached hydrogens (tertiary/aromatic N) is 2. The van der Waals surface area contributed by atoms with E-state index in [1.807, 2.05) is 24.3 Å². The second kappa shape index (κ2) is 5.51. The van der Waals surface area contributed by atoms with Crippen molar-refractivity contribution in [3.8, 4) is 23.7 Å². The molecule has 0 radical (unpaired) electrons. The van der Waals surface area contributed by atoms with Gasteiger partial charge in [-0.3, -0.25) is 4.79 Å². The SMILES string of the molecule is C#Cc1cccc(-c2nc3c(c(C(N)=O)n2)CC(C)(C)CC3)c1. The van der Waals surface area contributed by atoms with Gasteiger partial charge in [-0.15, -0.1) is 6.42 Å². The van der Waals surface area contributed by atoms with Crippen LogP contribution in [0.25, 0.3) is 11.4 Å². The number of primary amides is 1. The zero-order valence-electron chi connectivity index (χ0n) is 13.4. The molecular formula is C19H19N3O. The highest BCUT2D eigenvalue weighted by atomic mass is 16.1. The Hall–Kier alpha value is -2.67. The molecule has 116 valence electrons. The molecule has 0 unspecified atom stereocenters. The van der Waals surface area contributed by atoms with Crippen molar-refractivity contribution < 1.29 is 4.79 Å². The molecule has 4 heteroatoms. The van der Waals surface area contributed by atoms with Crippen molar-refractivity contribution in [2.45, 2.75) is 33.1 Å². The second-order valence-electron chi connectivity index (χ2n) is 6.75. The number of aromatic nitrogens is 2. The predicted molar refractivity (Wildman–Crippen MR) is 89.7 cm³/mol. The van der Waals surface area contributed by atoms with Crippen molar-refractivity contribution >= 4 is 5.91 Å². The molecule has 4 nitrogen and oxygen atoms in total. The van der Waals surface area contributed by atoms with Gasteiger partial charge in [0.25, 0.3) is 5.91 Å². The van der Waals surface area contributed by atoms with Gasteiger partial charge in [0.05, 0.1) is 0 Å². The molecule has 0 fully saturated rings. The van der Waals surface area contributed by atoms with Crippen molar-refractivity contribution in [1.82, 2.24) is 9.97 Å². The van der Waals surface area contributed by atoms with Crippen LogP contribution in [0.15, 0.2) is 24.3 Å². The first-order chi connectivity index (χ1) is 10.9. The molecule has 1 aliphatic rings. The van der Waals surface area contributed by atoms with E-state index < -0.39 is 5.91 Å². The number of rotatable bonds is 2. The van der Waals surface area contributed by atoms with Crippen LogP contribution < -0.4 is 5.73 Å². The summed E-state index contributed by atoms with van der Waals surface area (Å²) >= 11 is 0. The molecule has 0 bridgehead atoms. The van der Waals surface area contributed by atoms with Crippen molar-refractivity contribution in [3.63, 3.8) is 0 Å². The van der Waals surface area contributed by atoms with Gasteiger partial charge in [-0.25, -0.2) is 9.97 Å². The molecule has 1 aromatic heterocycles. The largest absolute Gasteiger partial charge is 0.364 e. The fourth-order valence-corrected chi connectivity index (χ4v) is 3.03. The Kier molecular flexibility index (Phi) is 3.65. The third-order valence-corrected chi connectivity index (χ3v) is 4.31. The number of hydrogen-bond donors (Lipinski definition) is 1. The highest BCUT2D eigenvalue weighted by Crippen LogP contribution is 2.35. The Balaban J connectivity index is 2.16. The van der Waals surface area contributed by atoms with E-state index in [1.165, 1.54) is 0 Å². The van der Waals surface area contributed by atoms with E-state index in [4.69, 9.17) is 12.2 Å². The average molecular weight is 305 g/mol. The summed E-state index contributed by atoms with van der Waals surface area (Å²) < 4.78 is 0. The van der Waals surface area contributed by atoms with Crippen LogP contribution in [0.5, 0.6) is 0 Å². The second-order valence-corrected chi connectivity index (χ2v) is 6.75. The number of amides is 1. The van der Waals surface area contributed by atoms with E-state index in [1.54, 1.807) is 0 Å². The number of carbonyl (C=O) groups is 1. The van der Waals surface area contributed by atoms with E-state index in [-0.39, 0.29) is 5.41 Å². The highest BCUT2D eigenvalue weighted by Gasteiger charge is 2.30. The number of terminal acetylenes is 1. The van der Waals surface area contributed by atoms with Gasteiger partial charge in [-0.2, -0.15) is 0 Å². The Labute approximate surface area is 136 Å². The van der Waals surface area contributed by atoms with Crippen molar-refractivity contribution in [3.05, 3.63) is 46.8 Å². The van der Waals surface area contributed by atoms with Crippen molar-refractivity contribution in [1.29, 1.82) is 0 Å². The Morgan fingerprint density at radius 2 is 2.13 bits per heavy atom. The van der Waals surface area contributed by atoms with Crippen LogP contribution in [0.2, 0.25) is 0 Å². The molecule has 1 heterocycles. The van der Waals surface area contributed by atoms with Gasteiger partial charge in [-0.1, -0.05) is 31.9 Å².